The smallest absolute Gasteiger partial charge is 0.191 e. The van der Waals surface area contributed by atoms with E-state index in [0.717, 1.165) is 16.7 Å². The van der Waals surface area contributed by atoms with Crippen LogP contribution in [0.4, 0.5) is 0 Å². The zero-order valence-corrected chi connectivity index (χ0v) is 8.79. The highest BCUT2D eigenvalue weighted by atomic mass is 16.7. The molecule has 15 heavy (non-hydrogen) atoms. The molecule has 0 aliphatic carbocycles. The Balaban J connectivity index is 2.14. The van der Waals surface area contributed by atoms with Crippen LogP contribution in [0.25, 0.3) is 0 Å². The Labute approximate surface area is 89.0 Å². The van der Waals surface area contributed by atoms with Gasteiger partial charge in [0.1, 0.15) is 6.10 Å². The van der Waals surface area contributed by atoms with Crippen molar-refractivity contribution in [2.45, 2.75) is 18.0 Å². The molecule has 3 fully saturated rings. The molecule has 3 nitrogen and oxygen atoms in total. The second-order valence-electron chi connectivity index (χ2n) is 4.32. The molecule has 3 heteroatoms. The summed E-state index contributed by atoms with van der Waals surface area (Å²) in [7, 11) is 1.62. The highest BCUT2D eigenvalue weighted by Gasteiger charge is 2.67. The monoisotopic (exact) mass is 206 g/mol. The first-order valence-electron chi connectivity index (χ1n) is 5.02. The number of fused-ring (bicyclic) bond motifs is 1. The van der Waals surface area contributed by atoms with Crippen molar-refractivity contribution in [1.82, 2.24) is 0 Å². The van der Waals surface area contributed by atoms with Crippen molar-refractivity contribution in [2.75, 3.05) is 13.7 Å². The van der Waals surface area contributed by atoms with Gasteiger partial charge in [0.05, 0.1) is 6.61 Å². The average Bonchev–Trinajstić information content (AvgIpc) is 2.80. The SMILES string of the molecule is C=C1C(=C)[C@@]23O[C@@H]1C(=C)[C@@H]2COC3OC. The second-order valence-corrected chi connectivity index (χ2v) is 4.32. The summed E-state index contributed by atoms with van der Waals surface area (Å²) in [5.41, 5.74) is 2.33. The van der Waals surface area contributed by atoms with Crippen molar-refractivity contribution in [3.05, 3.63) is 36.5 Å². The first kappa shape index (κ1) is 9.33. The molecule has 0 aromatic rings. The summed E-state index contributed by atoms with van der Waals surface area (Å²) < 4.78 is 16.9. The molecule has 0 aromatic heterocycles. The Bertz CT molecular complexity index is 384. The predicted molar refractivity (Wildman–Crippen MR) is 55.3 cm³/mol. The van der Waals surface area contributed by atoms with Crippen LogP contribution in [0.2, 0.25) is 0 Å². The molecule has 2 bridgehead atoms. The third-order valence-corrected chi connectivity index (χ3v) is 3.77. The van der Waals surface area contributed by atoms with Crippen molar-refractivity contribution >= 4 is 0 Å². The van der Waals surface area contributed by atoms with E-state index in [1.165, 1.54) is 0 Å². The van der Waals surface area contributed by atoms with Crippen LogP contribution in [0.1, 0.15) is 0 Å². The molecule has 1 spiro atoms. The summed E-state index contributed by atoms with van der Waals surface area (Å²) >= 11 is 0. The van der Waals surface area contributed by atoms with Crippen LogP contribution >= 0.6 is 0 Å². The number of ether oxygens (including phenoxy) is 3. The predicted octanol–water partition coefficient (Wildman–Crippen LogP) is 1.43. The maximum atomic E-state index is 5.98. The van der Waals surface area contributed by atoms with Gasteiger partial charge in [-0.3, -0.25) is 0 Å². The fourth-order valence-electron chi connectivity index (χ4n) is 2.94. The van der Waals surface area contributed by atoms with Crippen LogP contribution in [0.5, 0.6) is 0 Å². The Hall–Kier alpha value is -0.900. The number of rotatable bonds is 1. The number of methoxy groups -OCH3 is 1. The summed E-state index contributed by atoms with van der Waals surface area (Å²) in [4.78, 5) is 0. The maximum absolute atomic E-state index is 5.98. The van der Waals surface area contributed by atoms with E-state index in [4.69, 9.17) is 14.2 Å². The lowest BCUT2D eigenvalue weighted by Gasteiger charge is -2.31. The van der Waals surface area contributed by atoms with Crippen LogP contribution in [0.15, 0.2) is 36.5 Å². The van der Waals surface area contributed by atoms with Crippen LogP contribution in [0, 0.1) is 5.92 Å². The third-order valence-electron chi connectivity index (χ3n) is 3.77. The van der Waals surface area contributed by atoms with Gasteiger partial charge >= 0.3 is 0 Å². The van der Waals surface area contributed by atoms with Gasteiger partial charge in [0, 0.05) is 13.0 Å². The van der Waals surface area contributed by atoms with Gasteiger partial charge in [0.2, 0.25) is 0 Å². The van der Waals surface area contributed by atoms with Gasteiger partial charge in [-0.1, -0.05) is 19.7 Å². The Morgan fingerprint density at radius 3 is 2.80 bits per heavy atom. The van der Waals surface area contributed by atoms with Gasteiger partial charge in [-0.15, -0.1) is 0 Å². The van der Waals surface area contributed by atoms with E-state index in [2.05, 4.69) is 19.7 Å². The zero-order valence-electron chi connectivity index (χ0n) is 8.79. The number of hydrogen-bond acceptors (Lipinski definition) is 3. The molecule has 3 saturated heterocycles. The minimum absolute atomic E-state index is 0.0796. The van der Waals surface area contributed by atoms with Gasteiger partial charge < -0.3 is 14.2 Å². The molecule has 80 valence electrons. The minimum Gasteiger partial charge on any atom is -0.353 e. The fourth-order valence-corrected chi connectivity index (χ4v) is 2.94. The standard InChI is InChI=1S/C12H14O3/c1-6-8(3)12-9(5-14-11(12)13-4)7(2)10(6)15-12/h9-11H,1-3,5H2,4H3/t9-,10-,11?,12+/m0/s1. The topological polar surface area (TPSA) is 27.7 Å². The lowest BCUT2D eigenvalue weighted by molar-refractivity contribution is -0.171. The summed E-state index contributed by atoms with van der Waals surface area (Å²) in [6.07, 6.45) is -0.458. The summed E-state index contributed by atoms with van der Waals surface area (Å²) in [6, 6.07) is 0. The molecule has 4 atom stereocenters. The summed E-state index contributed by atoms with van der Waals surface area (Å²) in [6.45, 7) is 12.7. The zero-order chi connectivity index (χ0) is 10.8. The van der Waals surface area contributed by atoms with Crippen LogP contribution in [-0.4, -0.2) is 31.7 Å². The van der Waals surface area contributed by atoms with Crippen molar-refractivity contribution < 1.29 is 14.2 Å². The van der Waals surface area contributed by atoms with Crippen molar-refractivity contribution in [3.63, 3.8) is 0 Å². The summed E-state index contributed by atoms with van der Waals surface area (Å²) in [5.74, 6) is 0.172. The van der Waals surface area contributed by atoms with E-state index >= 15 is 0 Å². The first-order chi connectivity index (χ1) is 7.13. The van der Waals surface area contributed by atoms with Crippen molar-refractivity contribution in [2.24, 2.45) is 5.92 Å². The van der Waals surface area contributed by atoms with Crippen molar-refractivity contribution in [1.29, 1.82) is 0 Å². The number of hydrogen-bond donors (Lipinski definition) is 0. The summed E-state index contributed by atoms with van der Waals surface area (Å²) in [5, 5.41) is 0. The van der Waals surface area contributed by atoms with E-state index in [1.54, 1.807) is 7.11 Å². The molecule has 3 rings (SSSR count). The van der Waals surface area contributed by atoms with Crippen LogP contribution < -0.4 is 0 Å². The first-order valence-corrected chi connectivity index (χ1v) is 5.02. The van der Waals surface area contributed by atoms with E-state index in [1.807, 2.05) is 0 Å². The van der Waals surface area contributed by atoms with Gasteiger partial charge in [-0.25, -0.2) is 0 Å². The largest absolute Gasteiger partial charge is 0.353 e. The molecular weight excluding hydrogens is 192 g/mol. The molecule has 0 aromatic carbocycles. The van der Waals surface area contributed by atoms with E-state index in [-0.39, 0.29) is 18.3 Å². The Kier molecular flexibility index (Phi) is 1.63. The normalized spacial score (nSPS) is 47.8. The lowest BCUT2D eigenvalue weighted by atomic mass is 9.72. The van der Waals surface area contributed by atoms with E-state index in [9.17, 15) is 0 Å². The average molecular weight is 206 g/mol. The minimum atomic E-state index is -0.548. The molecule has 3 heterocycles. The maximum Gasteiger partial charge on any atom is 0.191 e. The Morgan fingerprint density at radius 1 is 1.40 bits per heavy atom. The third kappa shape index (κ3) is 0.794. The Morgan fingerprint density at radius 2 is 2.13 bits per heavy atom. The quantitative estimate of drug-likeness (QED) is 0.607. The van der Waals surface area contributed by atoms with Gasteiger partial charge in [0.15, 0.2) is 11.9 Å². The van der Waals surface area contributed by atoms with Crippen molar-refractivity contribution in [3.8, 4) is 0 Å². The molecule has 0 amide bonds. The van der Waals surface area contributed by atoms with Crippen LogP contribution in [-0.2, 0) is 14.2 Å². The highest BCUT2D eigenvalue weighted by Crippen LogP contribution is 2.60. The molecular formula is C12H14O3. The molecule has 1 unspecified atom stereocenters. The van der Waals surface area contributed by atoms with Gasteiger partial charge in [-0.2, -0.15) is 0 Å². The molecule has 3 aliphatic rings. The van der Waals surface area contributed by atoms with Gasteiger partial charge in [0.25, 0.3) is 0 Å². The second kappa shape index (κ2) is 2.61. The molecule has 0 saturated carbocycles. The molecule has 0 N–H and O–H groups in total. The van der Waals surface area contributed by atoms with Crippen LogP contribution in [0.3, 0.4) is 0 Å². The van der Waals surface area contributed by atoms with E-state index in [0.29, 0.717) is 6.61 Å². The molecule has 0 radical (unpaired) electrons. The molecule has 3 aliphatic heterocycles. The lowest BCUT2D eigenvalue weighted by Crippen LogP contribution is -2.43. The van der Waals surface area contributed by atoms with Gasteiger partial charge in [-0.05, 0) is 16.7 Å². The van der Waals surface area contributed by atoms with E-state index < -0.39 is 5.60 Å². The fraction of sp³-hybridized carbons (Fsp3) is 0.500. The highest BCUT2D eigenvalue weighted by molar-refractivity contribution is 5.55.